The lowest BCUT2D eigenvalue weighted by molar-refractivity contribution is -0.147. The topological polar surface area (TPSA) is 59.0 Å². The average molecular weight is 215 g/mol. The highest BCUT2D eigenvalue weighted by Gasteiger charge is 2.41. The molecule has 2 heterocycles. The Hall–Kier alpha value is -0.650. The zero-order chi connectivity index (χ0) is 10.8. The van der Waals surface area contributed by atoms with Gasteiger partial charge in [-0.1, -0.05) is 0 Å². The standard InChI is InChI=1S/C10H17NO4/c1-14-10(13)7-3-2-4-11(7)8-5-15-6-9(8)12/h7-9,12H,2-6H2,1H3. The second-order valence-electron chi connectivity index (χ2n) is 4.09. The molecule has 5 heteroatoms. The molecule has 0 saturated carbocycles. The van der Waals surface area contributed by atoms with E-state index < -0.39 is 6.10 Å². The van der Waals surface area contributed by atoms with E-state index in [-0.39, 0.29) is 18.1 Å². The monoisotopic (exact) mass is 215 g/mol. The van der Waals surface area contributed by atoms with Gasteiger partial charge in [-0.05, 0) is 19.4 Å². The summed E-state index contributed by atoms with van der Waals surface area (Å²) in [5.74, 6) is -0.202. The summed E-state index contributed by atoms with van der Waals surface area (Å²) in [5, 5.41) is 9.70. The second-order valence-corrected chi connectivity index (χ2v) is 4.09. The molecule has 3 atom stereocenters. The van der Waals surface area contributed by atoms with Crippen molar-refractivity contribution < 1.29 is 19.4 Å². The minimum Gasteiger partial charge on any atom is -0.468 e. The first-order valence-electron chi connectivity index (χ1n) is 5.33. The van der Waals surface area contributed by atoms with E-state index >= 15 is 0 Å². The van der Waals surface area contributed by atoms with Crippen LogP contribution >= 0.6 is 0 Å². The Bertz CT molecular complexity index is 246. The van der Waals surface area contributed by atoms with E-state index in [0.29, 0.717) is 13.2 Å². The predicted octanol–water partition coefficient (Wildman–Crippen LogP) is -0.617. The van der Waals surface area contributed by atoms with Crippen LogP contribution in [-0.2, 0) is 14.3 Å². The molecule has 5 nitrogen and oxygen atoms in total. The molecule has 15 heavy (non-hydrogen) atoms. The molecule has 0 aromatic rings. The Morgan fingerprint density at radius 1 is 1.53 bits per heavy atom. The summed E-state index contributed by atoms with van der Waals surface area (Å²) in [4.78, 5) is 13.5. The molecular weight excluding hydrogens is 198 g/mol. The molecule has 2 aliphatic rings. The van der Waals surface area contributed by atoms with E-state index in [0.717, 1.165) is 19.4 Å². The first-order valence-corrected chi connectivity index (χ1v) is 5.33. The number of hydrogen-bond donors (Lipinski definition) is 1. The summed E-state index contributed by atoms with van der Waals surface area (Å²) >= 11 is 0. The van der Waals surface area contributed by atoms with E-state index in [9.17, 15) is 9.90 Å². The molecule has 1 N–H and O–H groups in total. The SMILES string of the molecule is COC(=O)C1CCCN1C1COCC1O. The van der Waals surface area contributed by atoms with Crippen LogP contribution in [0.3, 0.4) is 0 Å². The van der Waals surface area contributed by atoms with Crippen LogP contribution < -0.4 is 0 Å². The number of carbonyl (C=O) groups excluding carboxylic acids is 1. The van der Waals surface area contributed by atoms with Crippen LogP contribution in [0.1, 0.15) is 12.8 Å². The molecule has 2 fully saturated rings. The van der Waals surface area contributed by atoms with E-state index in [1.54, 1.807) is 0 Å². The number of rotatable bonds is 2. The van der Waals surface area contributed by atoms with Crippen molar-refractivity contribution in [3.05, 3.63) is 0 Å². The normalized spacial score (nSPS) is 37.1. The maximum absolute atomic E-state index is 11.5. The van der Waals surface area contributed by atoms with Crippen LogP contribution in [0.2, 0.25) is 0 Å². The van der Waals surface area contributed by atoms with Crippen molar-refractivity contribution in [1.82, 2.24) is 4.90 Å². The number of nitrogens with zero attached hydrogens (tertiary/aromatic N) is 1. The maximum Gasteiger partial charge on any atom is 0.323 e. The molecule has 0 amide bonds. The lowest BCUT2D eigenvalue weighted by Gasteiger charge is -2.29. The smallest absolute Gasteiger partial charge is 0.323 e. The third kappa shape index (κ3) is 2.00. The van der Waals surface area contributed by atoms with E-state index in [4.69, 9.17) is 9.47 Å². The number of esters is 1. The quantitative estimate of drug-likeness (QED) is 0.622. The molecule has 0 aliphatic carbocycles. The Balaban J connectivity index is 2.04. The molecule has 0 spiro atoms. The minimum absolute atomic E-state index is 0.0448. The number of ether oxygens (including phenoxy) is 2. The first-order chi connectivity index (χ1) is 7.24. The maximum atomic E-state index is 11.5. The van der Waals surface area contributed by atoms with Crippen LogP contribution in [-0.4, -0.2) is 61.0 Å². The van der Waals surface area contributed by atoms with Crippen molar-refractivity contribution in [3.8, 4) is 0 Å². The highest BCUT2D eigenvalue weighted by Crippen LogP contribution is 2.25. The van der Waals surface area contributed by atoms with Crippen LogP contribution in [0.5, 0.6) is 0 Å². The lowest BCUT2D eigenvalue weighted by atomic mass is 10.1. The van der Waals surface area contributed by atoms with Gasteiger partial charge in [0.05, 0.1) is 32.5 Å². The van der Waals surface area contributed by atoms with Gasteiger partial charge in [0.25, 0.3) is 0 Å². The number of aliphatic hydroxyl groups is 1. The molecule has 0 radical (unpaired) electrons. The van der Waals surface area contributed by atoms with Gasteiger partial charge in [-0.2, -0.15) is 0 Å². The van der Waals surface area contributed by atoms with Gasteiger partial charge in [0.15, 0.2) is 0 Å². The molecule has 0 bridgehead atoms. The Morgan fingerprint density at radius 3 is 2.93 bits per heavy atom. The Labute approximate surface area is 89.0 Å². The highest BCUT2D eigenvalue weighted by atomic mass is 16.5. The zero-order valence-corrected chi connectivity index (χ0v) is 8.89. The number of hydrogen-bond acceptors (Lipinski definition) is 5. The van der Waals surface area contributed by atoms with Gasteiger partial charge in [0, 0.05) is 0 Å². The van der Waals surface area contributed by atoms with Crippen molar-refractivity contribution in [2.45, 2.75) is 31.0 Å². The van der Waals surface area contributed by atoms with Crippen molar-refractivity contribution in [1.29, 1.82) is 0 Å². The molecule has 2 aliphatic heterocycles. The van der Waals surface area contributed by atoms with E-state index in [2.05, 4.69) is 0 Å². The van der Waals surface area contributed by atoms with Crippen LogP contribution in [0.25, 0.3) is 0 Å². The lowest BCUT2D eigenvalue weighted by Crippen LogP contribution is -2.48. The summed E-state index contributed by atoms with van der Waals surface area (Å²) in [6.45, 7) is 1.72. The summed E-state index contributed by atoms with van der Waals surface area (Å²) < 4.78 is 9.96. The molecule has 0 aromatic heterocycles. The number of aliphatic hydroxyl groups excluding tert-OH is 1. The van der Waals surface area contributed by atoms with E-state index in [1.165, 1.54) is 7.11 Å². The van der Waals surface area contributed by atoms with E-state index in [1.807, 2.05) is 4.90 Å². The van der Waals surface area contributed by atoms with Crippen molar-refractivity contribution in [2.24, 2.45) is 0 Å². The first kappa shape index (κ1) is 10.9. The average Bonchev–Trinajstić information content (AvgIpc) is 2.84. The molecular formula is C10H17NO4. The molecule has 3 unspecified atom stereocenters. The minimum atomic E-state index is -0.477. The zero-order valence-electron chi connectivity index (χ0n) is 8.89. The Kier molecular flexibility index (Phi) is 3.23. The van der Waals surface area contributed by atoms with Gasteiger partial charge in [-0.25, -0.2) is 0 Å². The summed E-state index contributed by atoms with van der Waals surface area (Å²) in [6.07, 6.45) is 1.31. The van der Waals surface area contributed by atoms with Gasteiger partial charge in [0.2, 0.25) is 0 Å². The fourth-order valence-electron chi connectivity index (χ4n) is 2.42. The number of methoxy groups -OCH3 is 1. The van der Waals surface area contributed by atoms with Crippen molar-refractivity contribution in [3.63, 3.8) is 0 Å². The van der Waals surface area contributed by atoms with Gasteiger partial charge in [-0.3, -0.25) is 9.69 Å². The van der Waals surface area contributed by atoms with Gasteiger partial charge >= 0.3 is 5.97 Å². The molecule has 0 aromatic carbocycles. The number of likely N-dealkylation sites (tertiary alicyclic amines) is 1. The third-order valence-electron chi connectivity index (χ3n) is 3.21. The van der Waals surface area contributed by atoms with Crippen LogP contribution in [0, 0.1) is 0 Å². The summed E-state index contributed by atoms with van der Waals surface area (Å²) in [6, 6.07) is -0.243. The highest BCUT2D eigenvalue weighted by molar-refractivity contribution is 5.76. The fourth-order valence-corrected chi connectivity index (χ4v) is 2.42. The largest absolute Gasteiger partial charge is 0.468 e. The van der Waals surface area contributed by atoms with Crippen LogP contribution in [0.4, 0.5) is 0 Å². The van der Waals surface area contributed by atoms with Crippen molar-refractivity contribution >= 4 is 5.97 Å². The summed E-state index contributed by atoms with van der Waals surface area (Å²) in [7, 11) is 1.40. The van der Waals surface area contributed by atoms with Gasteiger partial charge in [-0.15, -0.1) is 0 Å². The molecule has 86 valence electrons. The molecule has 2 rings (SSSR count). The second kappa shape index (κ2) is 4.47. The summed E-state index contributed by atoms with van der Waals surface area (Å²) in [5.41, 5.74) is 0. The van der Waals surface area contributed by atoms with Crippen LogP contribution in [0.15, 0.2) is 0 Å². The number of carbonyl (C=O) groups is 1. The predicted molar refractivity (Wildman–Crippen MR) is 52.4 cm³/mol. The van der Waals surface area contributed by atoms with Crippen molar-refractivity contribution in [2.75, 3.05) is 26.9 Å². The third-order valence-corrected chi connectivity index (χ3v) is 3.21. The van der Waals surface area contributed by atoms with Gasteiger partial charge < -0.3 is 14.6 Å². The van der Waals surface area contributed by atoms with Gasteiger partial charge in [0.1, 0.15) is 6.04 Å². The molecule has 2 saturated heterocycles. The Morgan fingerprint density at radius 2 is 2.33 bits per heavy atom. The fraction of sp³-hybridized carbons (Fsp3) is 0.900.